The zero-order valence-electron chi connectivity index (χ0n) is 21.0. The fourth-order valence-corrected chi connectivity index (χ4v) is 6.27. The van der Waals surface area contributed by atoms with E-state index in [0.29, 0.717) is 46.7 Å². The van der Waals surface area contributed by atoms with Crippen LogP contribution in [0.1, 0.15) is 85.5 Å². The molecule has 0 aliphatic heterocycles. The van der Waals surface area contributed by atoms with E-state index in [4.69, 9.17) is 0 Å². The second-order valence-electron chi connectivity index (χ2n) is 10.4. The van der Waals surface area contributed by atoms with Crippen molar-refractivity contribution in [2.75, 3.05) is 0 Å². The van der Waals surface area contributed by atoms with Crippen LogP contribution in [0, 0.1) is 11.6 Å². The van der Waals surface area contributed by atoms with Crippen molar-refractivity contribution in [3.63, 3.8) is 0 Å². The van der Waals surface area contributed by atoms with Gasteiger partial charge in [-0.1, -0.05) is 26.7 Å². The van der Waals surface area contributed by atoms with Crippen LogP contribution < -0.4 is 0 Å². The standard InChI is InChI=1S/C30H24F4N4/c1-3-5-7-21-35-27-17(31)9-13-15-11-19(33)29-26-24(15)16(14-10-18(32)28(36-21)25(27)23(13)14)12-20(34)30(26)38-22(37-29)8-6-4-2/h9-13,15H,3-8H2,1-2H3. The highest BCUT2D eigenvalue weighted by atomic mass is 19.1. The Bertz CT molecular complexity index is 1630. The number of nitrogens with zero attached hydrogens (tertiary/aromatic N) is 4. The SMILES string of the molecule is CCCCc1nc2c3c4c(cc(F)c3n1)-c1cc(F)c3nc(CCCC)nc5c3c1C(C=C5F)C4C=C2F. The first-order valence-corrected chi connectivity index (χ1v) is 13.2. The van der Waals surface area contributed by atoms with E-state index in [1.54, 1.807) is 0 Å². The van der Waals surface area contributed by atoms with E-state index < -0.39 is 35.1 Å². The fraction of sp³-hybridized carbons (Fsp3) is 0.333. The van der Waals surface area contributed by atoms with Crippen molar-refractivity contribution in [1.82, 2.24) is 19.9 Å². The molecule has 0 saturated heterocycles. The average molecular weight is 517 g/mol. The van der Waals surface area contributed by atoms with Crippen LogP contribution in [0.15, 0.2) is 24.3 Å². The summed E-state index contributed by atoms with van der Waals surface area (Å²) in [5, 5.41) is 0.560. The Labute approximate surface area is 216 Å². The molecule has 0 amide bonds. The van der Waals surface area contributed by atoms with Gasteiger partial charge in [-0.3, -0.25) is 0 Å². The number of hydrogen-bond donors (Lipinski definition) is 0. The van der Waals surface area contributed by atoms with Crippen molar-refractivity contribution in [2.45, 2.75) is 64.2 Å². The molecule has 0 N–H and O–H groups in total. The first kappa shape index (κ1) is 23.4. The highest BCUT2D eigenvalue weighted by molar-refractivity contribution is 6.05. The molecule has 38 heavy (non-hydrogen) atoms. The lowest BCUT2D eigenvalue weighted by molar-refractivity contribution is 0.622. The van der Waals surface area contributed by atoms with Gasteiger partial charge in [-0.15, -0.1) is 0 Å². The van der Waals surface area contributed by atoms with Crippen LogP contribution in [-0.4, -0.2) is 19.9 Å². The molecule has 0 saturated carbocycles. The van der Waals surface area contributed by atoms with Gasteiger partial charge in [0.05, 0.1) is 0 Å². The third kappa shape index (κ3) is 3.15. The van der Waals surface area contributed by atoms with Gasteiger partial charge in [-0.25, -0.2) is 37.5 Å². The smallest absolute Gasteiger partial charge is 0.150 e. The molecule has 0 bridgehead atoms. The molecule has 2 unspecified atom stereocenters. The number of aryl methyl sites for hydroxylation is 2. The summed E-state index contributed by atoms with van der Waals surface area (Å²) in [5.41, 5.74) is 2.26. The van der Waals surface area contributed by atoms with E-state index in [1.165, 1.54) is 24.3 Å². The number of allylic oxidation sites excluding steroid dienone is 2. The van der Waals surface area contributed by atoms with Crippen LogP contribution in [-0.2, 0) is 12.8 Å². The van der Waals surface area contributed by atoms with Gasteiger partial charge in [-0.2, -0.15) is 0 Å². The van der Waals surface area contributed by atoms with E-state index >= 15 is 17.6 Å². The predicted molar refractivity (Wildman–Crippen MR) is 139 cm³/mol. The summed E-state index contributed by atoms with van der Waals surface area (Å²) >= 11 is 0. The van der Waals surface area contributed by atoms with Crippen LogP contribution >= 0.6 is 0 Å². The minimum Gasteiger partial charge on any atom is -0.230 e. The lowest BCUT2D eigenvalue weighted by Gasteiger charge is -2.38. The number of hydrogen-bond acceptors (Lipinski definition) is 4. The zero-order valence-corrected chi connectivity index (χ0v) is 21.0. The summed E-state index contributed by atoms with van der Waals surface area (Å²) in [5.74, 6) is -2.92. The molecule has 3 aliphatic carbocycles. The van der Waals surface area contributed by atoms with Crippen LogP contribution in [0.5, 0.6) is 0 Å². The summed E-state index contributed by atoms with van der Waals surface area (Å²) in [6, 6.07) is 2.69. The third-order valence-electron chi connectivity index (χ3n) is 7.98. The molecule has 0 spiro atoms. The van der Waals surface area contributed by atoms with Crippen molar-refractivity contribution >= 4 is 33.5 Å². The molecule has 7 rings (SSSR count). The highest BCUT2D eigenvalue weighted by Gasteiger charge is 2.42. The molecule has 8 heteroatoms. The largest absolute Gasteiger partial charge is 0.230 e. The Balaban J connectivity index is 1.56. The third-order valence-corrected chi connectivity index (χ3v) is 7.98. The summed E-state index contributed by atoms with van der Waals surface area (Å²) in [7, 11) is 0. The van der Waals surface area contributed by atoms with Gasteiger partial charge in [0.15, 0.2) is 0 Å². The van der Waals surface area contributed by atoms with Crippen molar-refractivity contribution in [1.29, 1.82) is 0 Å². The molecule has 4 nitrogen and oxygen atoms in total. The van der Waals surface area contributed by atoms with E-state index in [1.807, 2.05) is 13.8 Å². The molecule has 2 heterocycles. The quantitative estimate of drug-likeness (QED) is 0.244. The maximum atomic E-state index is 15.7. The van der Waals surface area contributed by atoms with Crippen molar-refractivity contribution < 1.29 is 17.6 Å². The Kier molecular flexibility index (Phi) is 5.19. The van der Waals surface area contributed by atoms with Gasteiger partial charge in [0.2, 0.25) is 0 Å². The van der Waals surface area contributed by atoms with Crippen LogP contribution in [0.2, 0.25) is 0 Å². The Morgan fingerprint density at radius 2 is 1.05 bits per heavy atom. The van der Waals surface area contributed by atoms with E-state index in [0.717, 1.165) is 25.7 Å². The van der Waals surface area contributed by atoms with Crippen LogP contribution in [0.25, 0.3) is 44.6 Å². The minimum absolute atomic E-state index is 0.0441. The van der Waals surface area contributed by atoms with Crippen molar-refractivity contribution in [3.05, 3.63) is 70.1 Å². The minimum atomic E-state index is -0.634. The van der Waals surface area contributed by atoms with Crippen molar-refractivity contribution in [2.24, 2.45) is 0 Å². The predicted octanol–water partition coefficient (Wildman–Crippen LogP) is 8.03. The van der Waals surface area contributed by atoms with Gasteiger partial charge < -0.3 is 0 Å². The average Bonchev–Trinajstić information content (AvgIpc) is 2.91. The molecule has 192 valence electrons. The topological polar surface area (TPSA) is 51.6 Å². The maximum absolute atomic E-state index is 15.7. The summed E-state index contributed by atoms with van der Waals surface area (Å²) in [6.07, 6.45) is 7.26. The number of aromatic nitrogens is 4. The molecule has 0 fully saturated rings. The number of unbranched alkanes of at least 4 members (excludes halogenated alkanes) is 2. The summed E-state index contributed by atoms with van der Waals surface area (Å²) in [6.45, 7) is 4.04. The number of halogens is 4. The van der Waals surface area contributed by atoms with Crippen molar-refractivity contribution in [3.8, 4) is 11.1 Å². The Hall–Kier alpha value is -3.68. The Morgan fingerprint density at radius 1 is 0.632 bits per heavy atom. The molecule has 4 aromatic rings. The zero-order chi connectivity index (χ0) is 26.3. The molecule has 0 radical (unpaired) electrons. The van der Waals surface area contributed by atoms with Gasteiger partial charge in [0, 0.05) is 35.4 Å². The molecule has 2 atom stereocenters. The van der Waals surface area contributed by atoms with E-state index in [-0.39, 0.29) is 33.2 Å². The molecule has 2 aromatic heterocycles. The lowest BCUT2D eigenvalue weighted by atomic mass is 9.66. The first-order valence-electron chi connectivity index (χ1n) is 13.2. The summed E-state index contributed by atoms with van der Waals surface area (Å²) < 4.78 is 62.6. The lowest BCUT2D eigenvalue weighted by Crippen LogP contribution is -2.23. The fourth-order valence-electron chi connectivity index (χ4n) is 6.27. The van der Waals surface area contributed by atoms with Gasteiger partial charge in [0.25, 0.3) is 0 Å². The molecule has 3 aliphatic rings. The van der Waals surface area contributed by atoms with E-state index in [2.05, 4.69) is 19.9 Å². The van der Waals surface area contributed by atoms with Gasteiger partial charge in [0.1, 0.15) is 57.4 Å². The maximum Gasteiger partial charge on any atom is 0.150 e. The highest BCUT2D eigenvalue weighted by Crippen LogP contribution is 2.58. The Morgan fingerprint density at radius 3 is 1.45 bits per heavy atom. The number of rotatable bonds is 6. The first-order chi connectivity index (χ1) is 18.4. The number of benzene rings is 2. The second-order valence-corrected chi connectivity index (χ2v) is 10.4. The summed E-state index contributed by atoms with van der Waals surface area (Å²) in [4.78, 5) is 17.8. The molecular formula is C30H24F4N4. The second kappa shape index (κ2) is 8.41. The monoisotopic (exact) mass is 516 g/mol. The van der Waals surface area contributed by atoms with Crippen LogP contribution in [0.4, 0.5) is 17.6 Å². The molecular weight excluding hydrogens is 492 g/mol. The molecule has 2 aromatic carbocycles. The van der Waals surface area contributed by atoms with Crippen LogP contribution in [0.3, 0.4) is 0 Å². The van der Waals surface area contributed by atoms with Gasteiger partial charge in [-0.05, 0) is 59.4 Å². The van der Waals surface area contributed by atoms with E-state index in [9.17, 15) is 0 Å². The van der Waals surface area contributed by atoms with Gasteiger partial charge >= 0.3 is 0 Å². The normalized spacial score (nSPS) is 18.7. The number of fused-ring (bicyclic) bond motifs is 2.